The van der Waals surface area contributed by atoms with E-state index in [1.165, 1.54) is 0 Å². The molecule has 4 rings (SSSR count). The molecule has 0 fully saturated rings. The normalized spacial score (nSPS) is 11.3. The van der Waals surface area contributed by atoms with Gasteiger partial charge in [0.25, 0.3) is 0 Å². The van der Waals surface area contributed by atoms with Crippen molar-refractivity contribution in [2.75, 3.05) is 5.32 Å². The fourth-order valence-corrected chi connectivity index (χ4v) is 3.77. The van der Waals surface area contributed by atoms with E-state index in [-0.39, 0.29) is 5.41 Å². The van der Waals surface area contributed by atoms with Crippen LogP contribution in [0.5, 0.6) is 11.6 Å². The molecular weight excluding hydrogens is 378 g/mol. The molecule has 0 aliphatic heterocycles. The molecule has 0 aliphatic rings. The first-order valence-corrected chi connectivity index (χ1v) is 10.4. The lowest BCUT2D eigenvalue weighted by Crippen LogP contribution is -2.12. The molecule has 0 saturated heterocycles. The van der Waals surface area contributed by atoms with Crippen molar-refractivity contribution < 1.29 is 4.74 Å². The van der Waals surface area contributed by atoms with Crippen molar-refractivity contribution in [3.8, 4) is 22.9 Å². The van der Waals surface area contributed by atoms with Crippen LogP contribution in [0.25, 0.3) is 11.3 Å². The van der Waals surface area contributed by atoms with Gasteiger partial charge in [0.15, 0.2) is 5.13 Å². The minimum absolute atomic E-state index is 0.0289. The van der Waals surface area contributed by atoms with Gasteiger partial charge in [-0.05, 0) is 23.6 Å². The number of anilines is 2. The predicted octanol–water partition coefficient (Wildman–Crippen LogP) is 7.04. The molecule has 2 aromatic heterocycles. The van der Waals surface area contributed by atoms with Gasteiger partial charge in [-0.3, -0.25) is 0 Å². The van der Waals surface area contributed by atoms with Crippen LogP contribution in [0.3, 0.4) is 0 Å². The SMILES string of the molecule is CC(C)(C)c1ccccc1Oc1ncccc1Nc1nc(-c2ccccc2)cs1. The second kappa shape index (κ2) is 8.05. The lowest BCUT2D eigenvalue weighted by atomic mass is 9.86. The minimum atomic E-state index is -0.0289. The highest BCUT2D eigenvalue weighted by molar-refractivity contribution is 7.14. The van der Waals surface area contributed by atoms with Gasteiger partial charge in [0.05, 0.1) is 5.69 Å². The van der Waals surface area contributed by atoms with Gasteiger partial charge in [0, 0.05) is 22.7 Å². The molecule has 0 bridgehead atoms. The summed E-state index contributed by atoms with van der Waals surface area (Å²) in [4.78, 5) is 9.16. The Morgan fingerprint density at radius 1 is 0.897 bits per heavy atom. The molecule has 0 atom stereocenters. The first-order valence-electron chi connectivity index (χ1n) is 9.51. The molecule has 0 unspecified atom stereocenters. The largest absolute Gasteiger partial charge is 0.437 e. The Kier molecular flexibility index (Phi) is 5.32. The molecule has 0 aliphatic carbocycles. The zero-order chi connectivity index (χ0) is 20.3. The van der Waals surface area contributed by atoms with Crippen LogP contribution in [0.4, 0.5) is 10.8 Å². The Hall–Kier alpha value is -3.18. The minimum Gasteiger partial charge on any atom is -0.437 e. The number of ether oxygens (including phenoxy) is 1. The molecular formula is C24H23N3OS. The van der Waals surface area contributed by atoms with Crippen LogP contribution in [0, 0.1) is 0 Å². The second-order valence-corrected chi connectivity index (χ2v) is 8.59. The van der Waals surface area contributed by atoms with Crippen molar-refractivity contribution in [2.45, 2.75) is 26.2 Å². The summed E-state index contributed by atoms with van der Waals surface area (Å²) in [5, 5.41) is 6.20. The van der Waals surface area contributed by atoms with Gasteiger partial charge in [0.1, 0.15) is 11.4 Å². The molecule has 5 heteroatoms. The van der Waals surface area contributed by atoms with Crippen molar-refractivity contribution in [3.05, 3.63) is 83.9 Å². The maximum Gasteiger partial charge on any atom is 0.243 e. The van der Waals surface area contributed by atoms with E-state index in [0.29, 0.717) is 5.88 Å². The van der Waals surface area contributed by atoms with Crippen LogP contribution >= 0.6 is 11.3 Å². The van der Waals surface area contributed by atoms with Gasteiger partial charge < -0.3 is 10.1 Å². The summed E-state index contributed by atoms with van der Waals surface area (Å²) in [6.07, 6.45) is 1.73. The second-order valence-electron chi connectivity index (χ2n) is 7.73. The van der Waals surface area contributed by atoms with Crippen molar-refractivity contribution in [1.82, 2.24) is 9.97 Å². The Balaban J connectivity index is 1.60. The van der Waals surface area contributed by atoms with E-state index in [1.54, 1.807) is 17.5 Å². The first-order chi connectivity index (χ1) is 14.0. The van der Waals surface area contributed by atoms with Gasteiger partial charge in [-0.15, -0.1) is 11.3 Å². The molecule has 2 heterocycles. The zero-order valence-corrected chi connectivity index (χ0v) is 17.5. The first kappa shape index (κ1) is 19.2. The lowest BCUT2D eigenvalue weighted by molar-refractivity contribution is 0.442. The van der Waals surface area contributed by atoms with Gasteiger partial charge in [-0.25, -0.2) is 9.97 Å². The third-order valence-electron chi connectivity index (χ3n) is 4.49. The van der Waals surface area contributed by atoms with Gasteiger partial charge in [-0.1, -0.05) is 69.3 Å². The monoisotopic (exact) mass is 401 g/mol. The van der Waals surface area contributed by atoms with Gasteiger partial charge in [-0.2, -0.15) is 0 Å². The van der Waals surface area contributed by atoms with E-state index in [0.717, 1.165) is 33.4 Å². The third-order valence-corrected chi connectivity index (χ3v) is 5.25. The van der Waals surface area contributed by atoms with E-state index in [9.17, 15) is 0 Å². The molecule has 4 nitrogen and oxygen atoms in total. The maximum atomic E-state index is 6.23. The number of hydrogen-bond acceptors (Lipinski definition) is 5. The number of hydrogen-bond donors (Lipinski definition) is 1. The molecule has 1 N–H and O–H groups in total. The average Bonchev–Trinajstić information content (AvgIpc) is 3.18. The lowest BCUT2D eigenvalue weighted by Gasteiger charge is -2.22. The highest BCUT2D eigenvalue weighted by Gasteiger charge is 2.20. The fourth-order valence-electron chi connectivity index (χ4n) is 3.03. The summed E-state index contributed by atoms with van der Waals surface area (Å²) < 4.78 is 6.23. The number of thiazole rings is 1. The molecule has 29 heavy (non-hydrogen) atoms. The molecule has 146 valence electrons. The van der Waals surface area contributed by atoms with Crippen LogP contribution in [0.2, 0.25) is 0 Å². The van der Waals surface area contributed by atoms with Crippen molar-refractivity contribution >= 4 is 22.2 Å². The summed E-state index contributed by atoms with van der Waals surface area (Å²) in [5.41, 5.74) is 3.93. The highest BCUT2D eigenvalue weighted by Crippen LogP contribution is 2.37. The van der Waals surface area contributed by atoms with E-state index in [1.807, 2.05) is 53.9 Å². The van der Waals surface area contributed by atoms with Crippen molar-refractivity contribution in [3.63, 3.8) is 0 Å². The number of para-hydroxylation sites is 1. The Bertz CT molecular complexity index is 1100. The number of nitrogens with zero attached hydrogens (tertiary/aromatic N) is 2. The smallest absolute Gasteiger partial charge is 0.243 e. The Morgan fingerprint density at radius 3 is 2.45 bits per heavy atom. The van der Waals surface area contributed by atoms with E-state index < -0.39 is 0 Å². The molecule has 0 spiro atoms. The molecule has 0 radical (unpaired) electrons. The quantitative estimate of drug-likeness (QED) is 0.390. The van der Waals surface area contributed by atoms with Crippen LogP contribution in [0.15, 0.2) is 78.3 Å². The third kappa shape index (κ3) is 4.46. The number of benzene rings is 2. The topological polar surface area (TPSA) is 47.0 Å². The molecule has 2 aromatic carbocycles. The van der Waals surface area contributed by atoms with Crippen molar-refractivity contribution in [1.29, 1.82) is 0 Å². The molecule has 0 amide bonds. The van der Waals surface area contributed by atoms with Gasteiger partial charge >= 0.3 is 0 Å². The van der Waals surface area contributed by atoms with E-state index in [2.05, 4.69) is 49.3 Å². The summed E-state index contributed by atoms with van der Waals surface area (Å²) in [6.45, 7) is 6.52. The predicted molar refractivity (Wildman–Crippen MR) is 120 cm³/mol. The average molecular weight is 402 g/mol. The highest BCUT2D eigenvalue weighted by atomic mass is 32.1. The Labute approximate surface area is 175 Å². The number of aromatic nitrogens is 2. The number of pyridine rings is 1. The standard InChI is InChI=1S/C24H23N3OS/c1-24(2,3)18-12-7-8-14-21(18)28-22-19(13-9-15-25-22)26-23-27-20(16-29-23)17-10-5-4-6-11-17/h4-16H,1-3H3,(H,26,27). The summed E-state index contributed by atoms with van der Waals surface area (Å²) in [7, 11) is 0. The van der Waals surface area contributed by atoms with Crippen LogP contribution in [0.1, 0.15) is 26.3 Å². The van der Waals surface area contributed by atoms with E-state index in [4.69, 9.17) is 9.72 Å². The van der Waals surface area contributed by atoms with Crippen molar-refractivity contribution in [2.24, 2.45) is 0 Å². The summed E-state index contributed by atoms with van der Waals surface area (Å²) in [6, 6.07) is 22.1. The van der Waals surface area contributed by atoms with Crippen LogP contribution in [-0.2, 0) is 5.41 Å². The zero-order valence-electron chi connectivity index (χ0n) is 16.7. The van der Waals surface area contributed by atoms with Gasteiger partial charge in [0.2, 0.25) is 5.88 Å². The van der Waals surface area contributed by atoms with E-state index >= 15 is 0 Å². The molecule has 4 aromatic rings. The molecule has 0 saturated carbocycles. The summed E-state index contributed by atoms with van der Waals surface area (Å²) in [5.74, 6) is 1.34. The maximum absolute atomic E-state index is 6.23. The number of nitrogens with one attached hydrogen (secondary N) is 1. The fraction of sp³-hybridized carbons (Fsp3) is 0.167. The van der Waals surface area contributed by atoms with Crippen LogP contribution < -0.4 is 10.1 Å². The Morgan fingerprint density at radius 2 is 1.66 bits per heavy atom. The summed E-state index contributed by atoms with van der Waals surface area (Å²) >= 11 is 1.56. The van der Waals surface area contributed by atoms with Crippen LogP contribution in [-0.4, -0.2) is 9.97 Å². The number of rotatable bonds is 5.